The Kier molecular flexibility index (Phi) is 9.13. The second-order valence-corrected chi connectivity index (χ2v) is 9.83. The van der Waals surface area contributed by atoms with E-state index in [0.717, 1.165) is 5.56 Å². The number of nitrogens with one attached hydrogen (secondary N) is 1. The van der Waals surface area contributed by atoms with Crippen molar-refractivity contribution in [1.82, 2.24) is 5.32 Å². The lowest BCUT2D eigenvalue weighted by Crippen LogP contribution is -2.46. The van der Waals surface area contributed by atoms with E-state index >= 15 is 0 Å². The Hall–Kier alpha value is -4.14. The van der Waals surface area contributed by atoms with E-state index in [0.29, 0.717) is 28.6 Å². The van der Waals surface area contributed by atoms with Gasteiger partial charge < -0.3 is 14.6 Å². The molecule has 0 bridgehead atoms. The summed E-state index contributed by atoms with van der Waals surface area (Å²) in [6, 6.07) is 32.7. The number of hydrogen-bond acceptors (Lipinski definition) is 7. The number of carbonyl (C=O) groups is 3. The molecule has 0 aliphatic carbocycles. The summed E-state index contributed by atoms with van der Waals surface area (Å²) in [4.78, 5) is 37.8. The van der Waals surface area contributed by atoms with Crippen LogP contribution in [0.1, 0.15) is 22.8 Å². The summed E-state index contributed by atoms with van der Waals surface area (Å²) in [7, 11) is 0. The third-order valence-corrected chi connectivity index (χ3v) is 6.94. The van der Waals surface area contributed by atoms with Gasteiger partial charge >= 0.3 is 5.97 Å². The normalized spacial score (nSPS) is 17.2. The molecule has 1 aliphatic rings. The fraction of sp³-hybridized carbons (Fsp3) is 0.167. The van der Waals surface area contributed by atoms with Crippen molar-refractivity contribution in [2.45, 2.75) is 23.9 Å². The van der Waals surface area contributed by atoms with Crippen molar-refractivity contribution >= 4 is 28.9 Å². The predicted molar refractivity (Wildman–Crippen MR) is 145 cm³/mol. The molecule has 0 radical (unpaired) electrons. The molecule has 4 rings (SSSR count). The van der Waals surface area contributed by atoms with Gasteiger partial charge in [-0.3, -0.25) is 14.9 Å². The fourth-order valence-electron chi connectivity index (χ4n) is 3.78. The van der Waals surface area contributed by atoms with Crippen molar-refractivity contribution in [3.05, 3.63) is 126 Å². The summed E-state index contributed by atoms with van der Waals surface area (Å²) in [6.07, 6.45) is -0.878. The summed E-state index contributed by atoms with van der Waals surface area (Å²) in [5.41, 5.74) is 2.12. The van der Waals surface area contributed by atoms with E-state index in [9.17, 15) is 19.5 Å². The highest BCUT2D eigenvalue weighted by Gasteiger charge is 2.55. The zero-order valence-electron chi connectivity index (χ0n) is 20.5. The molecule has 1 heterocycles. The first-order valence-electron chi connectivity index (χ1n) is 12.0. The van der Waals surface area contributed by atoms with Gasteiger partial charge in [0.05, 0.1) is 0 Å². The number of imide groups is 1. The van der Waals surface area contributed by atoms with Gasteiger partial charge in [-0.25, -0.2) is 4.79 Å². The second kappa shape index (κ2) is 12.9. The molecule has 2 amide bonds. The van der Waals surface area contributed by atoms with Crippen LogP contribution in [-0.4, -0.2) is 33.6 Å². The minimum Gasteiger partial charge on any atom is -0.491 e. The number of ether oxygens (including phenoxy) is 2. The van der Waals surface area contributed by atoms with Crippen molar-refractivity contribution in [3.63, 3.8) is 0 Å². The van der Waals surface area contributed by atoms with Crippen molar-refractivity contribution in [2.24, 2.45) is 0 Å². The number of carbonyl (C=O) groups excluding carboxylic acids is 3. The van der Waals surface area contributed by atoms with Crippen LogP contribution >= 0.6 is 11.8 Å². The average Bonchev–Trinajstić information content (AvgIpc) is 3.23. The summed E-state index contributed by atoms with van der Waals surface area (Å²) in [5, 5.41) is 12.2. The number of amides is 2. The molecule has 1 saturated heterocycles. The number of aliphatic hydroxyl groups is 1. The van der Waals surface area contributed by atoms with E-state index in [4.69, 9.17) is 9.47 Å². The molecular formula is C30H27NO6S. The highest BCUT2D eigenvalue weighted by molar-refractivity contribution is 8.16. The molecule has 0 spiro atoms. The molecular weight excluding hydrogens is 502 g/mol. The van der Waals surface area contributed by atoms with Crippen LogP contribution < -0.4 is 10.1 Å². The van der Waals surface area contributed by atoms with Crippen LogP contribution in [0.2, 0.25) is 0 Å². The molecule has 8 heteroatoms. The lowest BCUT2D eigenvalue weighted by molar-refractivity contribution is -0.150. The van der Waals surface area contributed by atoms with E-state index in [2.05, 4.69) is 5.32 Å². The molecule has 1 fully saturated rings. The van der Waals surface area contributed by atoms with Crippen molar-refractivity contribution in [1.29, 1.82) is 0 Å². The average molecular weight is 530 g/mol. The van der Waals surface area contributed by atoms with Crippen LogP contribution in [0.15, 0.2) is 109 Å². The molecule has 1 aliphatic heterocycles. The molecule has 3 aromatic carbocycles. The van der Waals surface area contributed by atoms with Gasteiger partial charge in [0.2, 0.25) is 4.75 Å². The highest BCUT2D eigenvalue weighted by atomic mass is 32.2. The smallest absolute Gasteiger partial charge is 0.333 e. The van der Waals surface area contributed by atoms with Gasteiger partial charge in [0.15, 0.2) is 0 Å². The topological polar surface area (TPSA) is 102 Å². The van der Waals surface area contributed by atoms with E-state index in [-0.39, 0.29) is 19.6 Å². The molecule has 2 atom stereocenters. The van der Waals surface area contributed by atoms with Crippen molar-refractivity contribution < 1.29 is 29.0 Å². The van der Waals surface area contributed by atoms with Gasteiger partial charge in [-0.2, -0.15) is 0 Å². The summed E-state index contributed by atoms with van der Waals surface area (Å²) in [6.45, 7) is 0.0262. The van der Waals surface area contributed by atoms with Gasteiger partial charge in [0.25, 0.3) is 11.1 Å². The van der Waals surface area contributed by atoms with Gasteiger partial charge in [0, 0.05) is 6.42 Å². The van der Waals surface area contributed by atoms with E-state index in [1.807, 2.05) is 72.8 Å². The Morgan fingerprint density at radius 1 is 0.816 bits per heavy atom. The molecule has 194 valence electrons. The fourth-order valence-corrected chi connectivity index (χ4v) is 4.77. The van der Waals surface area contributed by atoms with Crippen LogP contribution in [0.25, 0.3) is 0 Å². The third-order valence-electron chi connectivity index (χ3n) is 5.80. The van der Waals surface area contributed by atoms with Crippen molar-refractivity contribution in [2.75, 3.05) is 6.61 Å². The van der Waals surface area contributed by atoms with Crippen LogP contribution in [-0.2, 0) is 27.4 Å². The maximum absolute atomic E-state index is 13.1. The number of esters is 1. The van der Waals surface area contributed by atoms with Crippen LogP contribution in [0.5, 0.6) is 5.75 Å². The van der Waals surface area contributed by atoms with Crippen LogP contribution in [0.3, 0.4) is 0 Å². The highest BCUT2D eigenvalue weighted by Crippen LogP contribution is 2.37. The van der Waals surface area contributed by atoms with E-state index in [1.54, 1.807) is 36.4 Å². The standard InChI is InChI=1S/C30H27NO6S/c32-26(24-13-9-4-2-1-3-5-10-14-24)21-36-25-17-15-22(16-18-25)19-30(27(33)31-29(35)38-30)28(34)37-20-23-11-7-6-8-12-23/h1-18,26,32H,19-21H2,(H,31,33,35). The minimum absolute atomic E-state index is 0.00698. The Labute approximate surface area is 225 Å². The van der Waals surface area contributed by atoms with Gasteiger partial charge in [-0.1, -0.05) is 97.1 Å². The maximum atomic E-state index is 13.1. The lowest BCUT2D eigenvalue weighted by atomic mass is 9.97. The maximum Gasteiger partial charge on any atom is 0.333 e. The molecule has 0 saturated carbocycles. The Morgan fingerprint density at radius 2 is 1.39 bits per heavy atom. The molecule has 2 unspecified atom stereocenters. The van der Waals surface area contributed by atoms with Crippen molar-refractivity contribution in [3.8, 4) is 5.75 Å². The van der Waals surface area contributed by atoms with E-state index in [1.165, 1.54) is 0 Å². The number of hydrogen-bond donors (Lipinski definition) is 2. The first-order chi connectivity index (χ1) is 18.5. The Balaban J connectivity index is 1.41. The minimum atomic E-state index is -1.71. The Bertz CT molecular complexity index is 1300. The number of rotatable bonds is 9. The van der Waals surface area contributed by atoms with E-state index < -0.39 is 28.0 Å². The predicted octanol–water partition coefficient (Wildman–Crippen LogP) is 4.93. The number of aliphatic hydroxyl groups excluding tert-OH is 1. The summed E-state index contributed by atoms with van der Waals surface area (Å²) < 4.78 is 9.48. The summed E-state index contributed by atoms with van der Waals surface area (Å²) in [5.74, 6) is -0.957. The quantitative estimate of drug-likeness (QED) is 0.299. The monoisotopic (exact) mass is 529 g/mol. The third kappa shape index (κ3) is 7.00. The number of thioether (sulfide) groups is 1. The molecule has 3 aromatic rings. The number of benzene rings is 2. The van der Waals surface area contributed by atoms with Crippen LogP contribution in [0.4, 0.5) is 4.79 Å². The molecule has 2 N–H and O–H groups in total. The van der Waals surface area contributed by atoms with Gasteiger partial charge in [-0.05, 0) is 40.6 Å². The zero-order valence-corrected chi connectivity index (χ0v) is 21.3. The molecule has 38 heavy (non-hydrogen) atoms. The zero-order chi connectivity index (χ0) is 26.8. The molecule has 7 nitrogen and oxygen atoms in total. The van der Waals surface area contributed by atoms with Gasteiger partial charge in [0.1, 0.15) is 25.1 Å². The first kappa shape index (κ1) is 26.9. The largest absolute Gasteiger partial charge is 0.491 e. The summed E-state index contributed by atoms with van der Waals surface area (Å²) >= 11 is 0.634. The van der Waals surface area contributed by atoms with Crippen LogP contribution in [0, 0.1) is 0 Å². The Morgan fingerprint density at radius 3 is 2.00 bits per heavy atom. The second-order valence-electron chi connectivity index (χ2n) is 8.56. The molecule has 0 aromatic heterocycles. The lowest BCUT2D eigenvalue weighted by Gasteiger charge is -2.22. The van der Waals surface area contributed by atoms with Gasteiger partial charge in [-0.15, -0.1) is 0 Å². The first-order valence-corrected chi connectivity index (χ1v) is 12.8. The SMILES string of the molecule is O=C1NC(=O)C(Cc2ccc(OCC(O)c3ccccccccc3)cc2)(C(=O)OCc2ccccc2)S1.